The van der Waals surface area contributed by atoms with Gasteiger partial charge >= 0.3 is 6.09 Å². The molecular weight excluding hydrogens is 865 g/mol. The average molecular weight is 933 g/mol. The van der Waals surface area contributed by atoms with Gasteiger partial charge in [-0.2, -0.15) is 0 Å². The molecule has 5 heterocycles. The second-order valence-corrected chi connectivity index (χ2v) is 23.6. The highest BCUT2D eigenvalue weighted by Crippen LogP contribution is 2.48. The van der Waals surface area contributed by atoms with E-state index in [0.29, 0.717) is 49.3 Å². The monoisotopic (exact) mass is 932 g/mol. The van der Waals surface area contributed by atoms with Crippen molar-refractivity contribution in [1.82, 2.24) is 30.1 Å². The lowest BCUT2D eigenvalue weighted by molar-refractivity contribution is -0.142. The van der Waals surface area contributed by atoms with Crippen LogP contribution in [-0.2, 0) is 40.3 Å². The van der Waals surface area contributed by atoms with E-state index in [1.165, 1.54) is 11.0 Å². The molecule has 3 aliphatic carbocycles. The van der Waals surface area contributed by atoms with E-state index in [-0.39, 0.29) is 37.5 Å². The molecule has 4 bridgehead atoms. The standard InChI is InChI=1S/C49H68N6O10S/c1-7-30-27-49(30,45(58)53-66(60,61)48(5)19-20-48)52-42(56)38-26-34-28-55(38)44(57)41(47(2,3)4)51-46(59)65-39-23-29(39)13-9-8-10-15-36-40(35-14-11-12-16-37(35)50-43(36)64-34)63-33-24-31-17-18-32(25-33)54(31)21-22-62-6/h7,11-12,14,16,29-34,38-39,41H,1,8-10,13,15,17-28H2,2-6H3,(H,51,59)(H,52,56)(H,53,58)/t29-,30?,31?,32?,33?,34-,38+,39-,41-,49-/m1/s1. The molecule has 1 aromatic carbocycles. The Kier molecular flexibility index (Phi) is 12.6. The summed E-state index contributed by atoms with van der Waals surface area (Å²) in [6.07, 6.45) is 9.96. The van der Waals surface area contributed by atoms with E-state index in [9.17, 15) is 27.6 Å². The minimum atomic E-state index is -4.02. The third kappa shape index (κ3) is 9.24. The number of benzene rings is 1. The van der Waals surface area contributed by atoms with Gasteiger partial charge in [0, 0.05) is 43.5 Å². The van der Waals surface area contributed by atoms with Crippen molar-refractivity contribution in [3.8, 4) is 11.6 Å². The number of aromatic nitrogens is 1. The molecule has 4 amide bonds. The van der Waals surface area contributed by atoms with Gasteiger partial charge in [0.2, 0.25) is 27.7 Å². The second kappa shape index (κ2) is 17.9. The Balaban J connectivity index is 1.05. The topological polar surface area (TPSA) is 195 Å². The molecule has 6 fully saturated rings. The fraction of sp³-hybridized carbons (Fsp3) is 0.694. The first-order chi connectivity index (χ1) is 31.4. The number of nitrogens with one attached hydrogen (secondary N) is 3. The average Bonchev–Trinajstić information content (AvgIpc) is 4.23. The molecular formula is C49H68N6O10S. The molecule has 66 heavy (non-hydrogen) atoms. The number of carbonyl (C=O) groups excluding carboxylic acids is 4. The lowest BCUT2D eigenvalue weighted by atomic mass is 9.85. The molecule has 3 saturated heterocycles. The predicted molar refractivity (Wildman–Crippen MR) is 246 cm³/mol. The van der Waals surface area contributed by atoms with Gasteiger partial charge in [0.25, 0.3) is 5.91 Å². The molecule has 3 N–H and O–H groups in total. The number of sulfonamides is 1. The minimum Gasteiger partial charge on any atom is -0.489 e. The van der Waals surface area contributed by atoms with E-state index in [0.717, 1.165) is 81.0 Å². The molecule has 4 aliphatic heterocycles. The van der Waals surface area contributed by atoms with Gasteiger partial charge in [0.15, 0.2) is 0 Å². The van der Waals surface area contributed by atoms with Gasteiger partial charge in [-0.1, -0.05) is 51.8 Å². The van der Waals surface area contributed by atoms with Crippen LogP contribution in [0.5, 0.6) is 11.6 Å². The highest BCUT2D eigenvalue weighted by molar-refractivity contribution is 7.91. The van der Waals surface area contributed by atoms with Crippen molar-refractivity contribution in [1.29, 1.82) is 0 Å². The van der Waals surface area contributed by atoms with Crippen molar-refractivity contribution in [2.24, 2.45) is 17.3 Å². The number of para-hydroxylation sites is 1. The van der Waals surface area contributed by atoms with Crippen molar-refractivity contribution in [2.75, 3.05) is 26.8 Å². The molecule has 1 aromatic heterocycles. The number of methoxy groups -OCH3 is 1. The Bertz CT molecular complexity index is 2340. The van der Waals surface area contributed by atoms with E-state index >= 15 is 0 Å². The van der Waals surface area contributed by atoms with Crippen LogP contribution >= 0.6 is 0 Å². The van der Waals surface area contributed by atoms with Gasteiger partial charge in [-0.05, 0) is 101 Å². The Labute approximate surface area is 388 Å². The summed E-state index contributed by atoms with van der Waals surface area (Å²) in [7, 11) is -2.27. The van der Waals surface area contributed by atoms with E-state index < -0.39 is 73.6 Å². The predicted octanol–water partition coefficient (Wildman–Crippen LogP) is 5.31. The van der Waals surface area contributed by atoms with Crippen LogP contribution in [0.15, 0.2) is 36.9 Å². The molecule has 2 aromatic rings. The minimum absolute atomic E-state index is 0.0123. The number of ether oxygens (including phenoxy) is 4. The van der Waals surface area contributed by atoms with Gasteiger partial charge in [0.1, 0.15) is 41.7 Å². The van der Waals surface area contributed by atoms with Crippen LogP contribution in [0.3, 0.4) is 0 Å². The summed E-state index contributed by atoms with van der Waals surface area (Å²) < 4.78 is 53.1. The Morgan fingerprint density at radius 2 is 1.77 bits per heavy atom. The van der Waals surface area contributed by atoms with Crippen LogP contribution in [0.1, 0.15) is 117 Å². The first-order valence-corrected chi connectivity index (χ1v) is 25.7. The molecule has 17 heteroatoms. The third-order valence-electron chi connectivity index (χ3n) is 15.6. The van der Waals surface area contributed by atoms with E-state index in [1.807, 2.05) is 45.0 Å². The zero-order valence-corrected chi connectivity index (χ0v) is 40.0. The van der Waals surface area contributed by atoms with Gasteiger partial charge in [-0.15, -0.1) is 6.58 Å². The van der Waals surface area contributed by atoms with Crippen molar-refractivity contribution < 1.29 is 46.5 Å². The SMILES string of the molecule is C=CC1C[C@]1(NC(=O)[C@@H]1C[C@@H]2CN1C(=O)[C@H](C(C)(C)C)NC(=O)O[C@@H]1C[C@H]1CCCCCc1c(nc3ccccc3c1OC1CC3CCC(C1)N3CCOC)O2)C(=O)NS(=O)(=O)C1(C)CC1. The summed E-state index contributed by atoms with van der Waals surface area (Å²) >= 11 is 0. The Morgan fingerprint density at radius 3 is 2.45 bits per heavy atom. The smallest absolute Gasteiger partial charge is 0.408 e. The first kappa shape index (κ1) is 46.6. The van der Waals surface area contributed by atoms with Crippen molar-refractivity contribution in [3.63, 3.8) is 0 Å². The molecule has 9 atom stereocenters. The number of carbonyl (C=O) groups is 4. The summed E-state index contributed by atoms with van der Waals surface area (Å²) in [5, 5.41) is 6.64. The maximum atomic E-state index is 15.0. The Hall–Kier alpha value is -4.48. The summed E-state index contributed by atoms with van der Waals surface area (Å²) in [5.41, 5.74) is -0.828. The zero-order chi connectivity index (χ0) is 46.8. The van der Waals surface area contributed by atoms with E-state index in [1.54, 1.807) is 14.0 Å². The van der Waals surface area contributed by atoms with Crippen molar-refractivity contribution in [3.05, 3.63) is 42.5 Å². The molecule has 360 valence electrons. The molecule has 9 rings (SSSR count). The number of alkyl carbamates (subject to hydrolysis) is 1. The van der Waals surface area contributed by atoms with Crippen LogP contribution in [0.4, 0.5) is 4.79 Å². The summed E-state index contributed by atoms with van der Waals surface area (Å²) in [5.74, 6) is -1.14. The fourth-order valence-corrected chi connectivity index (χ4v) is 12.3. The lowest BCUT2D eigenvalue weighted by Gasteiger charge is -2.39. The van der Waals surface area contributed by atoms with Crippen LogP contribution in [0.2, 0.25) is 0 Å². The second-order valence-electron chi connectivity index (χ2n) is 21.4. The van der Waals surface area contributed by atoms with Crippen LogP contribution in [-0.4, -0.2) is 127 Å². The Morgan fingerprint density at radius 1 is 1.03 bits per heavy atom. The zero-order valence-electron chi connectivity index (χ0n) is 39.1. The van der Waals surface area contributed by atoms with E-state index in [2.05, 4.69) is 26.8 Å². The molecule has 7 aliphatic rings. The van der Waals surface area contributed by atoms with E-state index in [4.69, 9.17) is 23.9 Å². The van der Waals surface area contributed by atoms with Crippen LogP contribution in [0.25, 0.3) is 10.9 Å². The third-order valence-corrected chi connectivity index (χ3v) is 17.7. The number of pyridine rings is 1. The number of nitrogens with zero attached hydrogens (tertiary/aromatic N) is 3. The van der Waals surface area contributed by atoms with Crippen LogP contribution in [0, 0.1) is 17.3 Å². The molecule has 0 radical (unpaired) electrons. The summed E-state index contributed by atoms with van der Waals surface area (Å²) in [6, 6.07) is 6.50. The normalized spacial score (nSPS) is 33.2. The molecule has 0 spiro atoms. The summed E-state index contributed by atoms with van der Waals surface area (Å²) in [6.45, 7) is 12.5. The first-order valence-electron chi connectivity index (χ1n) is 24.2. The number of hydrogen-bond acceptors (Lipinski definition) is 12. The quantitative estimate of drug-likeness (QED) is 0.246. The number of amides is 4. The maximum Gasteiger partial charge on any atom is 0.408 e. The van der Waals surface area contributed by atoms with Crippen molar-refractivity contribution in [2.45, 2.75) is 170 Å². The molecule has 3 saturated carbocycles. The molecule has 16 nitrogen and oxygen atoms in total. The summed E-state index contributed by atoms with van der Waals surface area (Å²) in [4.78, 5) is 66.2. The van der Waals surface area contributed by atoms with Gasteiger partial charge in [0.05, 0.1) is 29.0 Å². The maximum absolute atomic E-state index is 15.0. The van der Waals surface area contributed by atoms with Crippen LogP contribution < -0.4 is 24.8 Å². The van der Waals surface area contributed by atoms with Gasteiger partial charge in [-0.25, -0.2) is 18.2 Å². The number of hydrogen-bond donors (Lipinski definition) is 3. The van der Waals surface area contributed by atoms with Gasteiger partial charge < -0.3 is 34.5 Å². The van der Waals surface area contributed by atoms with Crippen molar-refractivity contribution >= 4 is 44.7 Å². The van der Waals surface area contributed by atoms with Gasteiger partial charge in [-0.3, -0.25) is 24.0 Å². The largest absolute Gasteiger partial charge is 0.489 e. The highest BCUT2D eigenvalue weighted by atomic mass is 32.2. The highest BCUT2D eigenvalue weighted by Gasteiger charge is 2.63. The lowest BCUT2D eigenvalue weighted by Crippen LogP contribution is -2.60. The number of rotatable bonds is 11. The number of fused-ring (bicyclic) bond motifs is 7. The number of piperidine rings is 1. The fourth-order valence-electron chi connectivity index (χ4n) is 11.0. The molecule has 3 unspecified atom stereocenters.